The molecule has 1 aromatic rings. The van der Waals surface area contributed by atoms with E-state index in [1.54, 1.807) is 0 Å². The smallest absolute Gasteiger partial charge is 0.273 e. The normalized spacial score (nSPS) is 18.3. The van der Waals surface area contributed by atoms with Crippen molar-refractivity contribution in [3.63, 3.8) is 0 Å². The van der Waals surface area contributed by atoms with Crippen LogP contribution in [0.15, 0.2) is 5.38 Å². The van der Waals surface area contributed by atoms with Crippen LogP contribution in [-0.2, 0) is 0 Å². The topological polar surface area (TPSA) is 59.2 Å². The van der Waals surface area contributed by atoms with E-state index in [0.717, 1.165) is 24.4 Å². The van der Waals surface area contributed by atoms with Gasteiger partial charge in [0.2, 0.25) is 0 Å². The van der Waals surface area contributed by atoms with Crippen molar-refractivity contribution >= 4 is 17.2 Å². The zero-order valence-corrected chi connectivity index (χ0v) is 12.6. The molecular weight excluding hydrogens is 258 g/mol. The van der Waals surface area contributed by atoms with E-state index in [2.05, 4.69) is 4.98 Å². The molecule has 1 saturated carbocycles. The van der Waals surface area contributed by atoms with E-state index in [1.807, 2.05) is 24.1 Å². The van der Waals surface area contributed by atoms with Gasteiger partial charge in [0, 0.05) is 18.0 Å². The predicted octanol–water partition coefficient (Wildman–Crippen LogP) is 2.96. The summed E-state index contributed by atoms with van der Waals surface area (Å²) >= 11 is 1.48. The molecule has 0 spiro atoms. The van der Waals surface area contributed by atoms with E-state index in [4.69, 9.17) is 5.73 Å². The van der Waals surface area contributed by atoms with E-state index in [0.29, 0.717) is 11.7 Å². The summed E-state index contributed by atoms with van der Waals surface area (Å²) in [5.41, 5.74) is 6.36. The van der Waals surface area contributed by atoms with Gasteiger partial charge in [-0.3, -0.25) is 4.79 Å². The molecule has 2 N–H and O–H groups in total. The fraction of sp³-hybridized carbons (Fsp3) is 0.714. The summed E-state index contributed by atoms with van der Waals surface area (Å²) in [6.07, 6.45) is 6.02. The first-order chi connectivity index (χ1) is 9.13. The largest absolute Gasteiger partial charge is 0.335 e. The highest BCUT2D eigenvalue weighted by molar-refractivity contribution is 7.09. The molecule has 0 aromatic carbocycles. The second kappa shape index (κ2) is 6.48. The number of nitrogens with two attached hydrogens (primary N) is 1. The summed E-state index contributed by atoms with van der Waals surface area (Å²) < 4.78 is 0. The molecule has 106 valence electrons. The van der Waals surface area contributed by atoms with Gasteiger partial charge in [0.15, 0.2) is 0 Å². The van der Waals surface area contributed by atoms with Crippen LogP contribution in [0.25, 0.3) is 0 Å². The van der Waals surface area contributed by atoms with Crippen LogP contribution in [0.4, 0.5) is 0 Å². The summed E-state index contributed by atoms with van der Waals surface area (Å²) in [6, 6.07) is 0.294. The molecule has 0 saturated heterocycles. The Bertz CT molecular complexity index is 424. The third-order valence-electron chi connectivity index (χ3n) is 3.75. The number of carbonyl (C=O) groups excluding carboxylic acids is 1. The average Bonchev–Trinajstić information content (AvgIpc) is 2.90. The van der Waals surface area contributed by atoms with E-state index < -0.39 is 0 Å². The highest BCUT2D eigenvalue weighted by Crippen LogP contribution is 2.24. The van der Waals surface area contributed by atoms with Gasteiger partial charge in [0.1, 0.15) is 10.7 Å². The van der Waals surface area contributed by atoms with Crippen LogP contribution in [0.1, 0.15) is 67.5 Å². The third-order valence-corrected chi connectivity index (χ3v) is 4.79. The fourth-order valence-electron chi connectivity index (χ4n) is 2.70. The summed E-state index contributed by atoms with van der Waals surface area (Å²) in [6.45, 7) is 4.70. The van der Waals surface area contributed by atoms with Crippen molar-refractivity contribution in [3.8, 4) is 0 Å². The van der Waals surface area contributed by atoms with Gasteiger partial charge in [-0.05, 0) is 26.7 Å². The van der Waals surface area contributed by atoms with Gasteiger partial charge in [-0.15, -0.1) is 11.3 Å². The zero-order chi connectivity index (χ0) is 13.8. The molecular formula is C14H23N3OS. The summed E-state index contributed by atoms with van der Waals surface area (Å²) in [7, 11) is 0. The van der Waals surface area contributed by atoms with Gasteiger partial charge in [0.25, 0.3) is 5.91 Å². The molecule has 0 bridgehead atoms. The molecule has 1 aromatic heterocycles. The van der Waals surface area contributed by atoms with Gasteiger partial charge < -0.3 is 10.6 Å². The fourth-order valence-corrected chi connectivity index (χ4v) is 3.45. The van der Waals surface area contributed by atoms with Gasteiger partial charge >= 0.3 is 0 Å². The molecule has 2 rings (SSSR count). The van der Waals surface area contributed by atoms with Crippen molar-refractivity contribution in [2.45, 2.75) is 58.0 Å². The number of thiazole rings is 1. The van der Waals surface area contributed by atoms with Gasteiger partial charge in [-0.2, -0.15) is 0 Å². The maximum atomic E-state index is 12.5. The number of hydrogen-bond acceptors (Lipinski definition) is 4. The molecule has 1 heterocycles. The standard InChI is InChI=1S/C14H23N3OS/c1-3-17(11-7-5-4-6-8-11)14(18)12-9-19-13(16-12)10(2)15/h9-11H,3-8,15H2,1-2H3. The summed E-state index contributed by atoms with van der Waals surface area (Å²) in [5.74, 6) is 0.0672. The van der Waals surface area contributed by atoms with Gasteiger partial charge in [0.05, 0.1) is 6.04 Å². The molecule has 4 nitrogen and oxygen atoms in total. The van der Waals surface area contributed by atoms with Crippen molar-refractivity contribution in [1.82, 2.24) is 9.88 Å². The zero-order valence-electron chi connectivity index (χ0n) is 11.8. The van der Waals surface area contributed by atoms with Crippen LogP contribution in [0, 0.1) is 0 Å². The Balaban J connectivity index is 2.10. The molecule has 19 heavy (non-hydrogen) atoms. The van der Waals surface area contributed by atoms with E-state index in [-0.39, 0.29) is 11.9 Å². The second-order valence-electron chi connectivity index (χ2n) is 5.24. The molecule has 1 aliphatic rings. The number of nitrogens with zero attached hydrogens (tertiary/aromatic N) is 2. The second-order valence-corrected chi connectivity index (χ2v) is 6.13. The molecule has 1 fully saturated rings. The average molecular weight is 281 g/mol. The minimum absolute atomic E-state index is 0.0672. The van der Waals surface area contributed by atoms with Crippen molar-refractivity contribution < 1.29 is 4.79 Å². The maximum absolute atomic E-state index is 12.5. The monoisotopic (exact) mass is 281 g/mol. The van der Waals surface area contributed by atoms with Crippen molar-refractivity contribution in [2.24, 2.45) is 5.73 Å². The molecule has 0 radical (unpaired) electrons. The Morgan fingerprint density at radius 2 is 2.21 bits per heavy atom. The van der Waals surface area contributed by atoms with Crippen LogP contribution in [0.2, 0.25) is 0 Å². The lowest BCUT2D eigenvalue weighted by atomic mass is 9.94. The lowest BCUT2D eigenvalue weighted by Gasteiger charge is -2.33. The van der Waals surface area contributed by atoms with Gasteiger partial charge in [-0.25, -0.2) is 4.98 Å². The quantitative estimate of drug-likeness (QED) is 0.923. The number of aromatic nitrogens is 1. The lowest BCUT2D eigenvalue weighted by Crippen LogP contribution is -2.41. The van der Waals surface area contributed by atoms with Crippen molar-refractivity contribution in [1.29, 1.82) is 0 Å². The highest BCUT2D eigenvalue weighted by atomic mass is 32.1. The maximum Gasteiger partial charge on any atom is 0.273 e. The Morgan fingerprint density at radius 3 is 2.74 bits per heavy atom. The summed E-state index contributed by atoms with van der Waals surface area (Å²) in [5, 5.41) is 2.68. The molecule has 0 aliphatic heterocycles. The summed E-state index contributed by atoms with van der Waals surface area (Å²) in [4.78, 5) is 18.9. The van der Waals surface area contributed by atoms with E-state index in [9.17, 15) is 4.79 Å². The number of rotatable bonds is 4. The van der Waals surface area contributed by atoms with Crippen LogP contribution in [0.5, 0.6) is 0 Å². The Kier molecular flexibility index (Phi) is 4.93. The lowest BCUT2D eigenvalue weighted by molar-refractivity contribution is 0.0642. The molecule has 1 aliphatic carbocycles. The van der Waals surface area contributed by atoms with Crippen LogP contribution in [-0.4, -0.2) is 28.4 Å². The Hall–Kier alpha value is -0.940. The number of amides is 1. The van der Waals surface area contributed by atoms with Crippen LogP contribution < -0.4 is 5.73 Å². The highest BCUT2D eigenvalue weighted by Gasteiger charge is 2.26. The van der Waals surface area contributed by atoms with Gasteiger partial charge in [-0.1, -0.05) is 19.3 Å². The van der Waals surface area contributed by atoms with E-state index in [1.165, 1.54) is 30.6 Å². The molecule has 1 amide bonds. The minimum Gasteiger partial charge on any atom is -0.335 e. The van der Waals surface area contributed by atoms with Crippen molar-refractivity contribution in [3.05, 3.63) is 16.1 Å². The minimum atomic E-state index is -0.101. The van der Waals surface area contributed by atoms with E-state index >= 15 is 0 Å². The first kappa shape index (κ1) is 14.5. The first-order valence-electron chi connectivity index (χ1n) is 7.15. The Morgan fingerprint density at radius 1 is 1.53 bits per heavy atom. The molecule has 5 heteroatoms. The van der Waals surface area contributed by atoms with Crippen LogP contribution >= 0.6 is 11.3 Å². The number of carbonyl (C=O) groups is 1. The Labute approximate surface area is 119 Å². The SMILES string of the molecule is CCN(C(=O)c1csc(C(C)N)n1)C1CCCCC1. The molecule has 1 unspecified atom stereocenters. The molecule has 1 atom stereocenters. The first-order valence-corrected chi connectivity index (χ1v) is 8.03. The van der Waals surface area contributed by atoms with Crippen molar-refractivity contribution in [2.75, 3.05) is 6.54 Å². The third kappa shape index (κ3) is 3.34. The van der Waals surface area contributed by atoms with Crippen LogP contribution in [0.3, 0.4) is 0 Å². The predicted molar refractivity (Wildman–Crippen MR) is 78.3 cm³/mol. The number of hydrogen-bond donors (Lipinski definition) is 1.